The topological polar surface area (TPSA) is 69.3 Å². The van der Waals surface area contributed by atoms with Crippen molar-refractivity contribution in [3.05, 3.63) is 97.2 Å². The lowest BCUT2D eigenvalue weighted by atomic mass is 10.2. The standard InChI is InChI=1S/C22H14BrCl3FN3O3/c23-16-10-30(9-12-1-3-14(27)4-2-12)29-21(16)28-22(31)19-6-5-15(33-19)11-32-20-17(25)7-13(24)8-18(20)26/h1-8,10H,9,11H2,(H,28,29,31). The maximum Gasteiger partial charge on any atom is 0.292 e. The number of anilines is 1. The predicted molar refractivity (Wildman–Crippen MR) is 128 cm³/mol. The van der Waals surface area contributed by atoms with Gasteiger partial charge in [0.25, 0.3) is 5.91 Å². The van der Waals surface area contributed by atoms with Crippen LogP contribution >= 0.6 is 50.7 Å². The summed E-state index contributed by atoms with van der Waals surface area (Å²) in [5.74, 6) is 0.245. The first kappa shape index (κ1) is 23.6. The fourth-order valence-corrected chi connectivity index (χ4v) is 4.24. The summed E-state index contributed by atoms with van der Waals surface area (Å²) in [5, 5.41) is 7.94. The van der Waals surface area contributed by atoms with Crippen molar-refractivity contribution in [3.63, 3.8) is 0 Å². The molecule has 0 atom stereocenters. The molecule has 1 N–H and O–H groups in total. The van der Waals surface area contributed by atoms with Crippen LogP contribution in [0.5, 0.6) is 5.75 Å². The molecule has 11 heteroatoms. The molecule has 0 saturated carbocycles. The molecule has 0 radical (unpaired) electrons. The van der Waals surface area contributed by atoms with Gasteiger partial charge in [0.2, 0.25) is 0 Å². The highest BCUT2D eigenvalue weighted by Gasteiger charge is 2.17. The number of aromatic nitrogens is 2. The van der Waals surface area contributed by atoms with E-state index >= 15 is 0 Å². The van der Waals surface area contributed by atoms with Crippen LogP contribution in [-0.2, 0) is 13.2 Å². The van der Waals surface area contributed by atoms with Gasteiger partial charge >= 0.3 is 0 Å². The molecule has 1 amide bonds. The first-order chi connectivity index (χ1) is 15.8. The Morgan fingerprint density at radius 2 is 1.82 bits per heavy atom. The van der Waals surface area contributed by atoms with Crippen molar-refractivity contribution >= 4 is 62.5 Å². The van der Waals surface area contributed by atoms with Crippen LogP contribution in [0.1, 0.15) is 21.9 Å². The summed E-state index contributed by atoms with van der Waals surface area (Å²) in [6.07, 6.45) is 1.71. The normalized spacial score (nSPS) is 10.9. The second kappa shape index (κ2) is 10.2. The summed E-state index contributed by atoms with van der Waals surface area (Å²) in [6.45, 7) is 0.414. The Morgan fingerprint density at radius 3 is 2.52 bits per heavy atom. The summed E-state index contributed by atoms with van der Waals surface area (Å²) in [4.78, 5) is 12.6. The van der Waals surface area contributed by atoms with Crippen molar-refractivity contribution in [1.29, 1.82) is 0 Å². The number of rotatable bonds is 7. The zero-order valence-electron chi connectivity index (χ0n) is 16.6. The highest BCUT2D eigenvalue weighted by molar-refractivity contribution is 9.10. The molecule has 0 fully saturated rings. The van der Waals surface area contributed by atoms with E-state index in [-0.39, 0.29) is 34.0 Å². The molecule has 2 aromatic carbocycles. The van der Waals surface area contributed by atoms with Gasteiger partial charge in [0.15, 0.2) is 17.3 Å². The first-order valence-corrected chi connectivity index (χ1v) is 11.4. The van der Waals surface area contributed by atoms with Crippen molar-refractivity contribution in [3.8, 4) is 5.75 Å². The van der Waals surface area contributed by atoms with Gasteiger partial charge < -0.3 is 14.5 Å². The van der Waals surface area contributed by atoms with Crippen LogP contribution in [0, 0.1) is 5.82 Å². The third-order valence-electron chi connectivity index (χ3n) is 4.41. The molecule has 0 aliphatic carbocycles. The van der Waals surface area contributed by atoms with Crippen molar-refractivity contribution < 1.29 is 18.3 Å². The van der Waals surface area contributed by atoms with Gasteiger partial charge in [-0.1, -0.05) is 46.9 Å². The van der Waals surface area contributed by atoms with Gasteiger partial charge in [-0.2, -0.15) is 5.10 Å². The summed E-state index contributed by atoms with van der Waals surface area (Å²) < 4.78 is 26.4. The van der Waals surface area contributed by atoms with E-state index < -0.39 is 5.91 Å². The van der Waals surface area contributed by atoms with Crippen molar-refractivity contribution in [2.24, 2.45) is 0 Å². The van der Waals surface area contributed by atoms with E-state index in [2.05, 4.69) is 26.3 Å². The molecule has 2 heterocycles. The van der Waals surface area contributed by atoms with E-state index in [1.165, 1.54) is 30.3 Å². The van der Waals surface area contributed by atoms with E-state index in [9.17, 15) is 9.18 Å². The van der Waals surface area contributed by atoms with Crippen LogP contribution in [0.4, 0.5) is 10.2 Å². The monoisotopic (exact) mass is 571 g/mol. The number of nitrogens with one attached hydrogen (secondary N) is 1. The van der Waals surface area contributed by atoms with Crippen LogP contribution in [0.2, 0.25) is 15.1 Å². The number of furan rings is 1. The Bertz CT molecular complexity index is 1280. The molecule has 4 aromatic rings. The highest BCUT2D eigenvalue weighted by Crippen LogP contribution is 2.36. The largest absolute Gasteiger partial charge is 0.483 e. The van der Waals surface area contributed by atoms with Gasteiger partial charge in [-0.3, -0.25) is 9.48 Å². The predicted octanol–water partition coefficient (Wildman–Crippen LogP) is 7.22. The molecule has 2 aromatic heterocycles. The number of benzene rings is 2. The minimum Gasteiger partial charge on any atom is -0.483 e. The molecule has 0 aliphatic heterocycles. The molecule has 0 unspecified atom stereocenters. The molecule has 170 valence electrons. The van der Waals surface area contributed by atoms with Crippen molar-refractivity contribution in [2.45, 2.75) is 13.2 Å². The minimum absolute atomic E-state index is 0.00431. The fraction of sp³-hybridized carbons (Fsp3) is 0.0909. The molecule has 6 nitrogen and oxygen atoms in total. The summed E-state index contributed by atoms with van der Waals surface area (Å²) >= 11 is 21.5. The van der Waals surface area contributed by atoms with Gasteiger partial charge in [-0.05, 0) is 57.9 Å². The second-order valence-electron chi connectivity index (χ2n) is 6.86. The van der Waals surface area contributed by atoms with Crippen LogP contribution in [0.15, 0.2) is 63.6 Å². The number of carbonyl (C=O) groups excluding carboxylic acids is 1. The lowest BCUT2D eigenvalue weighted by molar-refractivity contribution is 0.0992. The molecule has 4 rings (SSSR count). The van der Waals surface area contributed by atoms with Gasteiger partial charge in [0, 0.05) is 11.2 Å². The SMILES string of the molecule is O=C(Nc1nn(Cc2ccc(F)cc2)cc1Br)c1ccc(COc2c(Cl)cc(Cl)cc2Cl)o1. The van der Waals surface area contributed by atoms with Crippen LogP contribution in [-0.4, -0.2) is 15.7 Å². The van der Waals surface area contributed by atoms with Crippen LogP contribution in [0.25, 0.3) is 0 Å². The number of amides is 1. The lowest BCUT2D eigenvalue weighted by Gasteiger charge is -2.09. The number of ether oxygens (including phenoxy) is 1. The Labute approximate surface area is 211 Å². The Hall–Kier alpha value is -2.52. The Morgan fingerprint density at radius 1 is 1.12 bits per heavy atom. The summed E-state index contributed by atoms with van der Waals surface area (Å²) in [5.41, 5.74) is 0.862. The number of nitrogens with zero attached hydrogens (tertiary/aromatic N) is 2. The number of hydrogen-bond acceptors (Lipinski definition) is 4. The zero-order chi connectivity index (χ0) is 23.5. The van der Waals surface area contributed by atoms with Gasteiger partial charge in [-0.15, -0.1) is 0 Å². The lowest BCUT2D eigenvalue weighted by Crippen LogP contribution is -2.12. The maximum atomic E-state index is 13.1. The smallest absolute Gasteiger partial charge is 0.292 e. The molecule has 0 bridgehead atoms. The second-order valence-corrected chi connectivity index (χ2v) is 8.96. The average molecular weight is 574 g/mol. The maximum absolute atomic E-state index is 13.1. The third-order valence-corrected chi connectivity index (χ3v) is 5.77. The third kappa shape index (κ3) is 5.89. The Balaban J connectivity index is 1.39. The van der Waals surface area contributed by atoms with E-state index in [1.807, 2.05) is 0 Å². The quantitative estimate of drug-likeness (QED) is 0.254. The van der Waals surface area contributed by atoms with Crippen LogP contribution in [0.3, 0.4) is 0 Å². The van der Waals surface area contributed by atoms with E-state index in [0.29, 0.717) is 27.6 Å². The van der Waals surface area contributed by atoms with E-state index in [4.69, 9.17) is 44.0 Å². The van der Waals surface area contributed by atoms with E-state index in [0.717, 1.165) is 5.56 Å². The van der Waals surface area contributed by atoms with Crippen LogP contribution < -0.4 is 10.1 Å². The highest BCUT2D eigenvalue weighted by atomic mass is 79.9. The molecular formula is C22H14BrCl3FN3O3. The molecular weight excluding hydrogens is 560 g/mol. The van der Waals surface area contributed by atoms with Crippen molar-refractivity contribution in [2.75, 3.05) is 5.32 Å². The molecule has 33 heavy (non-hydrogen) atoms. The number of hydrogen-bond donors (Lipinski definition) is 1. The van der Waals surface area contributed by atoms with E-state index in [1.54, 1.807) is 29.1 Å². The summed E-state index contributed by atoms with van der Waals surface area (Å²) in [7, 11) is 0. The van der Waals surface area contributed by atoms with Gasteiger partial charge in [-0.25, -0.2) is 4.39 Å². The molecule has 0 aliphatic rings. The minimum atomic E-state index is -0.489. The summed E-state index contributed by atoms with van der Waals surface area (Å²) in [6, 6.07) is 12.2. The first-order valence-electron chi connectivity index (χ1n) is 9.43. The molecule has 0 spiro atoms. The van der Waals surface area contributed by atoms with Gasteiger partial charge in [0.1, 0.15) is 18.2 Å². The fourth-order valence-electron chi connectivity index (χ4n) is 2.90. The van der Waals surface area contributed by atoms with Gasteiger partial charge in [0.05, 0.1) is 21.1 Å². The molecule has 0 saturated heterocycles. The number of halogens is 5. The Kier molecular flexibility index (Phi) is 7.29. The average Bonchev–Trinajstić information content (AvgIpc) is 3.36. The van der Waals surface area contributed by atoms with Crippen molar-refractivity contribution in [1.82, 2.24) is 9.78 Å². The number of carbonyl (C=O) groups is 1. The zero-order valence-corrected chi connectivity index (χ0v) is 20.5.